The molecule has 0 aliphatic carbocycles. The van der Waals surface area contributed by atoms with E-state index in [4.69, 9.17) is 11.6 Å². The minimum absolute atomic E-state index is 0.0424. The zero-order valence-corrected chi connectivity index (χ0v) is 18.3. The molecule has 1 aromatic heterocycles. The van der Waals surface area contributed by atoms with E-state index in [1.165, 1.54) is 36.5 Å². The Labute approximate surface area is 185 Å². The molecule has 2 aromatic rings. The van der Waals surface area contributed by atoms with Gasteiger partial charge in [-0.05, 0) is 18.4 Å². The first kappa shape index (κ1) is 24.3. The summed E-state index contributed by atoms with van der Waals surface area (Å²) in [6.07, 6.45) is 5.08. The van der Waals surface area contributed by atoms with Gasteiger partial charge >= 0.3 is 0 Å². The Hall–Kier alpha value is -3.00. The van der Waals surface area contributed by atoms with Gasteiger partial charge in [0.15, 0.2) is 11.8 Å². The van der Waals surface area contributed by atoms with Gasteiger partial charge < -0.3 is 5.32 Å². The first-order chi connectivity index (χ1) is 14.8. The highest BCUT2D eigenvalue weighted by Crippen LogP contribution is 2.20. The Balaban J connectivity index is 2.39. The van der Waals surface area contributed by atoms with Gasteiger partial charge in [0.05, 0.1) is 9.95 Å². The van der Waals surface area contributed by atoms with Crippen molar-refractivity contribution in [2.24, 2.45) is 5.92 Å². The third kappa shape index (κ3) is 6.49. The molecule has 0 fully saturated rings. The fourth-order valence-electron chi connectivity index (χ4n) is 3.27. The lowest BCUT2D eigenvalue weighted by molar-refractivity contribution is -0.384. The molecule has 0 spiro atoms. The standard InChI is InChI=1S/C22H26ClN3O5/c1-3-5-7-15(4-2)13-24-22(29)20(25-14-17(23)10-11-19(25)27)21(28)16-8-6-9-18(12-16)26(30)31/h6,8-12,14-15,20H,3-5,7,13H2,1-2H3,(H,24,29)/t15-,20-/m0/s1. The zero-order chi connectivity index (χ0) is 23.0. The molecule has 0 saturated carbocycles. The first-order valence-corrected chi connectivity index (χ1v) is 10.6. The molecule has 1 heterocycles. The van der Waals surface area contributed by atoms with E-state index in [9.17, 15) is 24.5 Å². The van der Waals surface area contributed by atoms with E-state index in [-0.39, 0.29) is 22.2 Å². The SMILES string of the molecule is CCCC[C@H](CC)CNC(=O)[C@H](C(=O)c1cccc([N+](=O)[O-])c1)n1cc(Cl)ccc1=O. The van der Waals surface area contributed by atoms with Crippen molar-refractivity contribution in [2.75, 3.05) is 6.54 Å². The quantitative estimate of drug-likeness (QED) is 0.240. The number of nitrogens with one attached hydrogen (secondary N) is 1. The van der Waals surface area contributed by atoms with Gasteiger partial charge in [0.1, 0.15) is 0 Å². The van der Waals surface area contributed by atoms with E-state index in [1.807, 2.05) is 6.92 Å². The summed E-state index contributed by atoms with van der Waals surface area (Å²) in [6, 6.07) is 6.08. The number of amides is 1. The van der Waals surface area contributed by atoms with Crippen LogP contribution in [0, 0.1) is 16.0 Å². The second-order valence-electron chi connectivity index (χ2n) is 7.33. The number of Topliss-reactive ketones (excluding diaryl/α,β-unsaturated/α-hetero) is 1. The number of hydrogen-bond donors (Lipinski definition) is 1. The lowest BCUT2D eigenvalue weighted by Crippen LogP contribution is -2.42. The van der Waals surface area contributed by atoms with Gasteiger partial charge in [-0.15, -0.1) is 0 Å². The molecule has 1 amide bonds. The van der Waals surface area contributed by atoms with Crippen molar-refractivity contribution in [1.82, 2.24) is 9.88 Å². The molecule has 2 atom stereocenters. The number of pyridine rings is 1. The Kier molecular flexibility index (Phi) is 8.93. The molecule has 0 unspecified atom stereocenters. The van der Waals surface area contributed by atoms with Crippen molar-refractivity contribution in [2.45, 2.75) is 45.6 Å². The number of carbonyl (C=O) groups is 2. The van der Waals surface area contributed by atoms with Crippen molar-refractivity contribution >= 4 is 29.0 Å². The Morgan fingerprint density at radius 2 is 1.97 bits per heavy atom. The van der Waals surface area contributed by atoms with E-state index in [1.54, 1.807) is 0 Å². The van der Waals surface area contributed by atoms with Crippen LogP contribution >= 0.6 is 11.6 Å². The maximum absolute atomic E-state index is 13.2. The molecule has 0 aliphatic heterocycles. The molecule has 1 aromatic carbocycles. The van der Waals surface area contributed by atoms with Crippen LogP contribution in [0.25, 0.3) is 0 Å². The number of rotatable bonds is 11. The van der Waals surface area contributed by atoms with E-state index in [0.29, 0.717) is 6.54 Å². The van der Waals surface area contributed by atoms with E-state index in [0.717, 1.165) is 36.3 Å². The number of aromatic nitrogens is 1. The van der Waals surface area contributed by atoms with Crippen LogP contribution < -0.4 is 10.9 Å². The van der Waals surface area contributed by atoms with Crippen LogP contribution in [0.1, 0.15) is 55.9 Å². The smallest absolute Gasteiger partial charge is 0.270 e. The molecule has 0 radical (unpaired) electrons. The minimum Gasteiger partial charge on any atom is -0.354 e. The summed E-state index contributed by atoms with van der Waals surface area (Å²) in [4.78, 5) is 49.2. The molecule has 166 valence electrons. The van der Waals surface area contributed by atoms with Crippen LogP contribution in [0.4, 0.5) is 5.69 Å². The Morgan fingerprint density at radius 3 is 2.61 bits per heavy atom. The third-order valence-electron chi connectivity index (χ3n) is 5.13. The molecule has 9 heteroatoms. The van der Waals surface area contributed by atoms with Gasteiger partial charge in [-0.3, -0.25) is 29.1 Å². The second-order valence-corrected chi connectivity index (χ2v) is 7.77. The largest absolute Gasteiger partial charge is 0.354 e. The highest BCUT2D eigenvalue weighted by Gasteiger charge is 2.31. The molecule has 1 N–H and O–H groups in total. The van der Waals surface area contributed by atoms with Gasteiger partial charge in [-0.1, -0.05) is 56.8 Å². The number of nitro groups is 1. The average Bonchev–Trinajstić information content (AvgIpc) is 2.76. The van der Waals surface area contributed by atoms with Gasteiger partial charge in [-0.2, -0.15) is 0 Å². The highest BCUT2D eigenvalue weighted by atomic mass is 35.5. The van der Waals surface area contributed by atoms with Gasteiger partial charge in [0.2, 0.25) is 0 Å². The van der Waals surface area contributed by atoms with Gasteiger partial charge in [0, 0.05) is 36.5 Å². The summed E-state index contributed by atoms with van der Waals surface area (Å²) in [6.45, 7) is 4.48. The topological polar surface area (TPSA) is 111 Å². The summed E-state index contributed by atoms with van der Waals surface area (Å²) in [5.41, 5.74) is -0.908. The molecule has 2 rings (SSSR count). The predicted octanol–water partition coefficient (Wildman–Crippen LogP) is 4.17. The number of halogens is 1. The Morgan fingerprint density at radius 1 is 1.23 bits per heavy atom. The Bertz CT molecular complexity index is 1000. The zero-order valence-electron chi connectivity index (χ0n) is 17.5. The number of nitro benzene ring substituents is 1. The second kappa shape index (κ2) is 11.4. The third-order valence-corrected chi connectivity index (χ3v) is 5.35. The van der Waals surface area contributed by atoms with E-state index >= 15 is 0 Å². The monoisotopic (exact) mass is 447 g/mol. The predicted molar refractivity (Wildman–Crippen MR) is 118 cm³/mol. The number of hydrogen-bond acceptors (Lipinski definition) is 5. The summed E-state index contributed by atoms with van der Waals surface area (Å²) in [7, 11) is 0. The van der Waals surface area contributed by atoms with E-state index in [2.05, 4.69) is 12.2 Å². The summed E-state index contributed by atoms with van der Waals surface area (Å²) in [5, 5.41) is 14.0. The number of carbonyl (C=O) groups excluding carboxylic acids is 2. The van der Waals surface area contributed by atoms with Crippen LogP contribution in [-0.2, 0) is 4.79 Å². The lowest BCUT2D eigenvalue weighted by atomic mass is 9.98. The van der Waals surface area contributed by atoms with E-state index < -0.39 is 28.2 Å². The van der Waals surface area contributed by atoms with Crippen molar-refractivity contribution < 1.29 is 14.5 Å². The van der Waals surface area contributed by atoms with Crippen LogP contribution in [0.2, 0.25) is 5.02 Å². The summed E-state index contributed by atoms with van der Waals surface area (Å²) >= 11 is 6.00. The molecular weight excluding hydrogens is 422 g/mol. The maximum Gasteiger partial charge on any atom is 0.270 e. The van der Waals surface area contributed by atoms with Gasteiger partial charge in [-0.25, -0.2) is 0 Å². The molecule has 0 aliphatic rings. The lowest BCUT2D eigenvalue weighted by Gasteiger charge is -2.21. The normalized spacial score (nSPS) is 12.7. The fourth-order valence-corrected chi connectivity index (χ4v) is 3.43. The number of unbranched alkanes of at least 4 members (excludes halogenated alkanes) is 1. The fraction of sp³-hybridized carbons (Fsp3) is 0.409. The summed E-state index contributed by atoms with van der Waals surface area (Å²) in [5.74, 6) is -1.14. The molecule has 0 bridgehead atoms. The van der Waals surface area contributed by atoms with Crippen molar-refractivity contribution in [3.05, 3.63) is 73.6 Å². The molecular formula is C22H26ClN3O5. The van der Waals surface area contributed by atoms with Crippen molar-refractivity contribution in [3.8, 4) is 0 Å². The molecule has 0 saturated heterocycles. The number of ketones is 1. The van der Waals surface area contributed by atoms with Crippen LogP contribution in [-0.4, -0.2) is 27.7 Å². The summed E-state index contributed by atoms with van der Waals surface area (Å²) < 4.78 is 0.964. The molecule has 31 heavy (non-hydrogen) atoms. The van der Waals surface area contributed by atoms with Crippen LogP contribution in [0.15, 0.2) is 47.4 Å². The number of nitrogens with zero attached hydrogens (tertiary/aromatic N) is 2. The highest BCUT2D eigenvalue weighted by molar-refractivity contribution is 6.30. The molecule has 8 nitrogen and oxygen atoms in total. The maximum atomic E-state index is 13.2. The van der Waals surface area contributed by atoms with Crippen LogP contribution in [0.5, 0.6) is 0 Å². The number of benzene rings is 1. The minimum atomic E-state index is -1.53. The van der Waals surface area contributed by atoms with Gasteiger partial charge in [0.25, 0.3) is 17.2 Å². The first-order valence-electron chi connectivity index (χ1n) is 10.2. The average molecular weight is 448 g/mol. The van der Waals surface area contributed by atoms with Crippen molar-refractivity contribution in [3.63, 3.8) is 0 Å². The van der Waals surface area contributed by atoms with Crippen LogP contribution in [0.3, 0.4) is 0 Å². The van der Waals surface area contributed by atoms with Crippen molar-refractivity contribution in [1.29, 1.82) is 0 Å². The number of non-ortho nitro benzene ring substituents is 1.